The summed E-state index contributed by atoms with van der Waals surface area (Å²) in [5.74, 6) is 1.87. The fraction of sp³-hybridized carbons (Fsp3) is 0. The van der Waals surface area contributed by atoms with Crippen molar-refractivity contribution in [3.63, 3.8) is 0 Å². The summed E-state index contributed by atoms with van der Waals surface area (Å²) in [6, 6.07) is 54.8. The number of benzene rings is 7. The van der Waals surface area contributed by atoms with Gasteiger partial charge in [0.05, 0.1) is 16.7 Å². The molecule has 0 bridgehead atoms. The molecule has 238 valence electrons. The van der Waals surface area contributed by atoms with Crippen LogP contribution in [0.2, 0.25) is 0 Å². The van der Waals surface area contributed by atoms with Crippen molar-refractivity contribution in [3.05, 3.63) is 158 Å². The molecule has 0 fully saturated rings. The predicted molar refractivity (Wildman–Crippen MR) is 211 cm³/mol. The summed E-state index contributed by atoms with van der Waals surface area (Å²) in [5.41, 5.74) is 7.97. The number of fused-ring (bicyclic) bond motifs is 10. The molecule has 4 heterocycles. The van der Waals surface area contributed by atoms with Crippen molar-refractivity contribution in [2.75, 3.05) is 0 Å². The van der Waals surface area contributed by atoms with Crippen molar-refractivity contribution < 1.29 is 4.42 Å². The Kier molecular flexibility index (Phi) is 6.05. The molecule has 0 unspecified atom stereocenters. The lowest BCUT2D eigenvalue weighted by Crippen LogP contribution is -2.00. The Morgan fingerprint density at radius 1 is 0.431 bits per heavy atom. The molecule has 6 heteroatoms. The quantitative estimate of drug-likeness (QED) is 0.187. The molecular formula is C45H26N4OS. The first-order valence-corrected chi connectivity index (χ1v) is 17.8. The summed E-state index contributed by atoms with van der Waals surface area (Å²) >= 11 is 1.81. The molecule has 5 nitrogen and oxygen atoms in total. The van der Waals surface area contributed by atoms with E-state index in [1.807, 2.05) is 72.0 Å². The van der Waals surface area contributed by atoms with Gasteiger partial charge in [0.1, 0.15) is 11.2 Å². The molecule has 0 radical (unpaired) electrons. The number of aromatic nitrogens is 4. The summed E-state index contributed by atoms with van der Waals surface area (Å²) in [7, 11) is 0. The molecule has 0 saturated heterocycles. The van der Waals surface area contributed by atoms with E-state index >= 15 is 0 Å². The standard InChI is InChI=1S/C45H26N4OS/c1-3-12-27(13-4-1)43-46-44(28-14-5-2-6-15-28)48-45(47-43)29-22-23-32-33-24-25-39-41(42(33)50-37(32)26-29)40-36(20-11-21-38(40)51-39)49-34-18-9-7-16-30(34)31-17-8-10-19-35(31)49/h1-26H. The smallest absolute Gasteiger partial charge is 0.164 e. The highest BCUT2D eigenvalue weighted by molar-refractivity contribution is 7.26. The highest BCUT2D eigenvalue weighted by Gasteiger charge is 2.21. The van der Waals surface area contributed by atoms with Crippen LogP contribution in [-0.2, 0) is 0 Å². The van der Waals surface area contributed by atoms with Crippen LogP contribution in [-0.4, -0.2) is 19.5 Å². The van der Waals surface area contributed by atoms with Gasteiger partial charge in [-0.3, -0.25) is 0 Å². The third kappa shape index (κ3) is 4.30. The van der Waals surface area contributed by atoms with Crippen LogP contribution in [0.4, 0.5) is 0 Å². The van der Waals surface area contributed by atoms with E-state index < -0.39 is 0 Å². The van der Waals surface area contributed by atoms with Gasteiger partial charge < -0.3 is 8.98 Å². The number of para-hydroxylation sites is 2. The average molecular weight is 671 g/mol. The van der Waals surface area contributed by atoms with Crippen molar-refractivity contribution in [1.82, 2.24) is 19.5 Å². The number of hydrogen-bond donors (Lipinski definition) is 0. The first-order chi connectivity index (χ1) is 25.3. The molecule has 0 aliphatic carbocycles. The second-order valence-corrected chi connectivity index (χ2v) is 13.9. The molecule has 0 aliphatic heterocycles. The van der Waals surface area contributed by atoms with Crippen molar-refractivity contribution in [2.45, 2.75) is 0 Å². The topological polar surface area (TPSA) is 56.7 Å². The third-order valence-electron chi connectivity index (χ3n) is 9.86. The first kappa shape index (κ1) is 28.2. The molecule has 0 aliphatic rings. The van der Waals surface area contributed by atoms with Gasteiger partial charge in [-0.05, 0) is 48.5 Å². The number of hydrogen-bond acceptors (Lipinski definition) is 5. The van der Waals surface area contributed by atoms with Crippen molar-refractivity contribution in [3.8, 4) is 39.9 Å². The van der Waals surface area contributed by atoms with Gasteiger partial charge in [-0.25, -0.2) is 15.0 Å². The number of rotatable bonds is 4. The van der Waals surface area contributed by atoms with Crippen LogP contribution in [0.1, 0.15) is 0 Å². The molecule has 0 spiro atoms. The lowest BCUT2D eigenvalue weighted by atomic mass is 10.1. The maximum atomic E-state index is 6.90. The first-order valence-electron chi connectivity index (χ1n) is 16.9. The number of nitrogens with zero attached hydrogens (tertiary/aromatic N) is 4. The molecule has 0 saturated carbocycles. The third-order valence-corrected chi connectivity index (χ3v) is 11.0. The average Bonchev–Trinajstić information content (AvgIpc) is 3.87. The Labute approximate surface area is 295 Å². The van der Waals surface area contributed by atoms with Gasteiger partial charge in [-0.1, -0.05) is 109 Å². The van der Waals surface area contributed by atoms with Crippen molar-refractivity contribution in [2.24, 2.45) is 0 Å². The van der Waals surface area contributed by atoms with E-state index in [0.717, 1.165) is 49.7 Å². The maximum absolute atomic E-state index is 6.90. The number of furan rings is 1. The second kappa shape index (κ2) is 10.9. The van der Waals surface area contributed by atoms with E-state index in [4.69, 9.17) is 19.4 Å². The van der Waals surface area contributed by atoms with Crippen LogP contribution < -0.4 is 0 Å². The monoisotopic (exact) mass is 670 g/mol. The van der Waals surface area contributed by atoms with Crippen molar-refractivity contribution >= 4 is 75.3 Å². The summed E-state index contributed by atoms with van der Waals surface area (Å²) in [6.45, 7) is 0. The highest BCUT2D eigenvalue weighted by atomic mass is 32.1. The fourth-order valence-corrected chi connectivity index (χ4v) is 8.69. The Hall–Kier alpha value is -6.63. The molecule has 11 rings (SSSR count). The van der Waals surface area contributed by atoms with Crippen LogP contribution in [0.3, 0.4) is 0 Å². The minimum atomic E-state index is 0.602. The molecule has 11 aromatic rings. The lowest BCUT2D eigenvalue weighted by molar-refractivity contribution is 0.673. The van der Waals surface area contributed by atoms with Crippen LogP contribution in [0.25, 0.3) is 104 Å². The van der Waals surface area contributed by atoms with E-state index in [-0.39, 0.29) is 0 Å². The highest BCUT2D eigenvalue weighted by Crippen LogP contribution is 2.45. The zero-order valence-corrected chi connectivity index (χ0v) is 27.9. The zero-order chi connectivity index (χ0) is 33.5. The second-order valence-electron chi connectivity index (χ2n) is 12.8. The molecule has 4 aromatic heterocycles. The Balaban J connectivity index is 1.15. The zero-order valence-electron chi connectivity index (χ0n) is 27.1. The minimum Gasteiger partial charge on any atom is -0.455 e. The van der Waals surface area contributed by atoms with Crippen LogP contribution in [0.15, 0.2) is 162 Å². The van der Waals surface area contributed by atoms with E-state index in [2.05, 4.69) is 102 Å². The van der Waals surface area contributed by atoms with Gasteiger partial charge in [0.15, 0.2) is 17.5 Å². The van der Waals surface area contributed by atoms with Gasteiger partial charge in [0.2, 0.25) is 0 Å². The van der Waals surface area contributed by atoms with E-state index in [1.54, 1.807) is 0 Å². The van der Waals surface area contributed by atoms with E-state index in [9.17, 15) is 0 Å². The van der Waals surface area contributed by atoms with Crippen molar-refractivity contribution in [1.29, 1.82) is 0 Å². The van der Waals surface area contributed by atoms with Crippen LogP contribution in [0, 0.1) is 0 Å². The van der Waals surface area contributed by atoms with Crippen LogP contribution >= 0.6 is 11.3 Å². The Morgan fingerprint density at radius 3 is 1.67 bits per heavy atom. The molecule has 51 heavy (non-hydrogen) atoms. The predicted octanol–water partition coefficient (Wildman–Crippen LogP) is 12.2. The van der Waals surface area contributed by atoms with Gasteiger partial charge in [0.25, 0.3) is 0 Å². The Morgan fingerprint density at radius 2 is 1.00 bits per heavy atom. The summed E-state index contributed by atoms with van der Waals surface area (Å²) in [6.07, 6.45) is 0. The summed E-state index contributed by atoms with van der Waals surface area (Å²) < 4.78 is 11.7. The molecular weight excluding hydrogens is 645 g/mol. The minimum absolute atomic E-state index is 0.602. The van der Waals surface area contributed by atoms with Gasteiger partial charge in [0, 0.05) is 58.4 Å². The van der Waals surface area contributed by atoms with Crippen LogP contribution in [0.5, 0.6) is 0 Å². The molecule has 0 amide bonds. The SMILES string of the molecule is c1ccc(-c2nc(-c3ccccc3)nc(-c3ccc4c(c3)oc3c4ccc4sc5cccc(-n6c7ccccc7c7ccccc76)c5c43)n2)cc1. The fourth-order valence-electron chi connectivity index (χ4n) is 7.56. The molecule has 7 aromatic carbocycles. The van der Waals surface area contributed by atoms with Gasteiger partial charge in [-0.2, -0.15) is 0 Å². The largest absolute Gasteiger partial charge is 0.455 e. The van der Waals surface area contributed by atoms with Gasteiger partial charge >= 0.3 is 0 Å². The maximum Gasteiger partial charge on any atom is 0.164 e. The summed E-state index contributed by atoms with van der Waals surface area (Å²) in [5, 5.41) is 6.98. The normalized spacial score (nSPS) is 11.9. The lowest BCUT2D eigenvalue weighted by Gasteiger charge is -2.10. The number of thiophene rings is 1. The summed E-state index contributed by atoms with van der Waals surface area (Å²) in [4.78, 5) is 14.8. The molecule has 0 atom stereocenters. The molecule has 0 N–H and O–H groups in total. The Bertz CT molecular complexity index is 3030. The van der Waals surface area contributed by atoms with E-state index in [0.29, 0.717) is 17.5 Å². The van der Waals surface area contributed by atoms with E-state index in [1.165, 1.54) is 36.6 Å². The van der Waals surface area contributed by atoms with Gasteiger partial charge in [-0.15, -0.1) is 11.3 Å².